The highest BCUT2D eigenvalue weighted by Gasteiger charge is 2.35. The monoisotopic (exact) mass is 364 g/mol. The van der Waals surface area contributed by atoms with Crippen molar-refractivity contribution in [2.45, 2.75) is 19.0 Å². The van der Waals surface area contributed by atoms with Crippen LogP contribution in [0.15, 0.2) is 48.0 Å². The Morgan fingerprint density at radius 3 is 2.70 bits per heavy atom. The maximum absolute atomic E-state index is 13.2. The van der Waals surface area contributed by atoms with Crippen molar-refractivity contribution in [1.82, 2.24) is 4.90 Å². The quantitative estimate of drug-likeness (QED) is 0.902. The molecule has 27 heavy (non-hydrogen) atoms. The second-order valence-electron chi connectivity index (χ2n) is 6.69. The Labute approximate surface area is 157 Å². The largest absolute Gasteiger partial charge is 0.497 e. The molecule has 6 nitrogen and oxygen atoms in total. The normalized spacial score (nSPS) is 17.9. The van der Waals surface area contributed by atoms with Crippen LogP contribution in [0.4, 0.5) is 0 Å². The molecule has 0 fully saturated rings. The molecule has 0 bridgehead atoms. The fraction of sp³-hybridized carbons (Fsp3) is 0.238. The van der Waals surface area contributed by atoms with Gasteiger partial charge in [-0.15, -0.1) is 0 Å². The SMILES string of the molecule is COc1ccc2c(c1)C=C(C(=O)N1Cc3ccccc3C[C@H]1C(N)=O)CO2. The molecule has 2 aliphatic rings. The number of carbonyl (C=O) groups is 2. The summed E-state index contributed by atoms with van der Waals surface area (Å²) >= 11 is 0. The summed E-state index contributed by atoms with van der Waals surface area (Å²) in [7, 11) is 1.59. The maximum Gasteiger partial charge on any atom is 0.254 e. The van der Waals surface area contributed by atoms with E-state index in [2.05, 4.69) is 0 Å². The lowest BCUT2D eigenvalue weighted by Crippen LogP contribution is -2.52. The number of carbonyl (C=O) groups excluding carboxylic acids is 2. The molecule has 0 aliphatic carbocycles. The Hall–Kier alpha value is -3.28. The summed E-state index contributed by atoms with van der Waals surface area (Å²) in [5, 5.41) is 0. The third-order valence-electron chi connectivity index (χ3n) is 5.04. The molecule has 2 N–H and O–H groups in total. The molecule has 0 unspecified atom stereocenters. The highest BCUT2D eigenvalue weighted by atomic mass is 16.5. The van der Waals surface area contributed by atoms with E-state index in [0.29, 0.717) is 30.0 Å². The number of hydrogen-bond acceptors (Lipinski definition) is 4. The van der Waals surface area contributed by atoms with Crippen molar-refractivity contribution >= 4 is 17.9 Å². The molecule has 4 rings (SSSR count). The fourth-order valence-electron chi connectivity index (χ4n) is 3.58. The van der Waals surface area contributed by atoms with E-state index < -0.39 is 11.9 Å². The molecular formula is C21H20N2O4. The maximum atomic E-state index is 13.2. The zero-order chi connectivity index (χ0) is 19.0. The van der Waals surface area contributed by atoms with E-state index >= 15 is 0 Å². The van der Waals surface area contributed by atoms with Gasteiger partial charge in [0.25, 0.3) is 5.91 Å². The summed E-state index contributed by atoms with van der Waals surface area (Å²) in [5.74, 6) is 0.644. The first-order valence-electron chi connectivity index (χ1n) is 8.75. The number of rotatable bonds is 3. The molecule has 0 saturated carbocycles. The van der Waals surface area contributed by atoms with Crippen LogP contribution in [-0.2, 0) is 22.6 Å². The van der Waals surface area contributed by atoms with Crippen LogP contribution in [-0.4, -0.2) is 36.5 Å². The van der Waals surface area contributed by atoms with Crippen LogP contribution in [0.1, 0.15) is 16.7 Å². The lowest BCUT2D eigenvalue weighted by atomic mass is 9.92. The Balaban J connectivity index is 1.67. The van der Waals surface area contributed by atoms with Gasteiger partial charge in [0, 0.05) is 18.5 Å². The van der Waals surface area contributed by atoms with Gasteiger partial charge in [-0.1, -0.05) is 24.3 Å². The topological polar surface area (TPSA) is 81.9 Å². The van der Waals surface area contributed by atoms with E-state index in [1.807, 2.05) is 42.5 Å². The Kier molecular flexibility index (Phi) is 4.32. The minimum absolute atomic E-state index is 0.155. The van der Waals surface area contributed by atoms with Crippen LogP contribution in [0, 0.1) is 0 Å². The average Bonchev–Trinajstić information content (AvgIpc) is 2.71. The van der Waals surface area contributed by atoms with E-state index in [0.717, 1.165) is 16.7 Å². The molecular weight excluding hydrogens is 344 g/mol. The highest BCUT2D eigenvalue weighted by Crippen LogP contribution is 2.32. The zero-order valence-corrected chi connectivity index (χ0v) is 15.0. The number of benzene rings is 2. The lowest BCUT2D eigenvalue weighted by Gasteiger charge is -2.36. The third-order valence-corrected chi connectivity index (χ3v) is 5.04. The molecule has 6 heteroatoms. The van der Waals surface area contributed by atoms with Crippen molar-refractivity contribution in [1.29, 1.82) is 0 Å². The first-order valence-corrected chi connectivity index (χ1v) is 8.75. The number of amides is 2. The standard InChI is InChI=1S/C21H20N2O4/c1-26-17-6-7-19-15(9-17)8-16(12-27-19)21(25)23-11-14-5-3-2-4-13(14)10-18(23)20(22)24/h2-9,18H,10-12H2,1H3,(H2,22,24)/t18-/m0/s1. The van der Waals surface area contributed by atoms with Gasteiger partial charge in [0.1, 0.15) is 24.1 Å². The van der Waals surface area contributed by atoms with Gasteiger partial charge < -0.3 is 20.1 Å². The van der Waals surface area contributed by atoms with Gasteiger partial charge in [0.15, 0.2) is 0 Å². The molecule has 2 aliphatic heterocycles. The fourth-order valence-corrected chi connectivity index (χ4v) is 3.58. The van der Waals surface area contributed by atoms with Gasteiger partial charge >= 0.3 is 0 Å². The van der Waals surface area contributed by atoms with Crippen LogP contribution >= 0.6 is 0 Å². The van der Waals surface area contributed by atoms with Crippen molar-refractivity contribution in [3.05, 3.63) is 64.7 Å². The number of nitrogens with two attached hydrogens (primary N) is 1. The predicted molar refractivity (Wildman–Crippen MR) is 100 cm³/mol. The molecule has 0 aromatic heterocycles. The van der Waals surface area contributed by atoms with Crippen LogP contribution in [0.2, 0.25) is 0 Å². The van der Waals surface area contributed by atoms with Crippen molar-refractivity contribution < 1.29 is 19.1 Å². The Morgan fingerprint density at radius 2 is 1.96 bits per heavy atom. The first kappa shape index (κ1) is 17.1. The lowest BCUT2D eigenvalue weighted by molar-refractivity contribution is -0.137. The van der Waals surface area contributed by atoms with Gasteiger partial charge in [-0.2, -0.15) is 0 Å². The third kappa shape index (κ3) is 3.14. The molecule has 2 aromatic carbocycles. The minimum Gasteiger partial charge on any atom is -0.497 e. The van der Waals surface area contributed by atoms with Gasteiger partial charge in [-0.25, -0.2) is 0 Å². The van der Waals surface area contributed by atoms with Gasteiger partial charge in [0.05, 0.1) is 12.7 Å². The first-order chi connectivity index (χ1) is 13.1. The van der Waals surface area contributed by atoms with Crippen molar-refractivity contribution in [3.8, 4) is 11.5 Å². The molecule has 138 valence electrons. The van der Waals surface area contributed by atoms with Gasteiger partial charge in [-0.3, -0.25) is 9.59 Å². The van der Waals surface area contributed by atoms with E-state index in [-0.39, 0.29) is 12.5 Å². The van der Waals surface area contributed by atoms with E-state index in [4.69, 9.17) is 15.2 Å². The Morgan fingerprint density at radius 1 is 1.19 bits per heavy atom. The molecule has 0 spiro atoms. The highest BCUT2D eigenvalue weighted by molar-refractivity contribution is 6.01. The van der Waals surface area contributed by atoms with E-state index in [1.165, 1.54) is 0 Å². The minimum atomic E-state index is -0.667. The van der Waals surface area contributed by atoms with Crippen molar-refractivity contribution in [2.24, 2.45) is 5.73 Å². The molecule has 2 amide bonds. The molecule has 2 heterocycles. The van der Waals surface area contributed by atoms with Crippen molar-refractivity contribution in [3.63, 3.8) is 0 Å². The molecule has 2 aromatic rings. The van der Waals surface area contributed by atoms with Crippen LogP contribution < -0.4 is 15.2 Å². The summed E-state index contributed by atoms with van der Waals surface area (Å²) in [6.07, 6.45) is 2.22. The predicted octanol–water partition coefficient (Wildman–Crippen LogP) is 1.91. The van der Waals surface area contributed by atoms with E-state index in [9.17, 15) is 9.59 Å². The number of fused-ring (bicyclic) bond motifs is 2. The van der Waals surface area contributed by atoms with Gasteiger partial charge in [0.2, 0.25) is 5.91 Å². The van der Waals surface area contributed by atoms with Crippen molar-refractivity contribution in [2.75, 3.05) is 13.7 Å². The summed E-state index contributed by atoms with van der Waals surface area (Å²) < 4.78 is 11.0. The van der Waals surface area contributed by atoms with Gasteiger partial charge in [-0.05, 0) is 35.4 Å². The number of methoxy groups -OCH3 is 1. The summed E-state index contributed by atoms with van der Waals surface area (Å²) in [5.41, 5.74) is 8.94. The smallest absolute Gasteiger partial charge is 0.254 e. The number of hydrogen-bond donors (Lipinski definition) is 1. The number of primary amides is 1. The van der Waals surface area contributed by atoms with Crippen LogP contribution in [0.25, 0.3) is 6.08 Å². The molecule has 0 radical (unpaired) electrons. The summed E-state index contributed by atoms with van der Waals surface area (Å²) in [4.78, 5) is 26.7. The summed E-state index contributed by atoms with van der Waals surface area (Å²) in [6, 6.07) is 12.6. The zero-order valence-electron chi connectivity index (χ0n) is 15.0. The molecule has 0 saturated heterocycles. The average molecular weight is 364 g/mol. The van der Waals surface area contributed by atoms with Crippen LogP contribution in [0.3, 0.4) is 0 Å². The second-order valence-corrected chi connectivity index (χ2v) is 6.69. The summed E-state index contributed by atoms with van der Waals surface area (Å²) in [6.45, 7) is 0.507. The number of ether oxygens (including phenoxy) is 2. The Bertz CT molecular complexity index is 951. The molecule has 1 atom stereocenters. The van der Waals surface area contributed by atoms with Crippen LogP contribution in [0.5, 0.6) is 11.5 Å². The van der Waals surface area contributed by atoms with E-state index in [1.54, 1.807) is 18.1 Å². The number of nitrogens with zero attached hydrogens (tertiary/aromatic N) is 1. The second kappa shape index (κ2) is 6.79.